The zero-order valence-electron chi connectivity index (χ0n) is 8.40. The van der Waals surface area contributed by atoms with Crippen molar-refractivity contribution in [2.24, 2.45) is 0 Å². The van der Waals surface area contributed by atoms with Gasteiger partial charge in [0.2, 0.25) is 5.91 Å². The number of amides is 1. The summed E-state index contributed by atoms with van der Waals surface area (Å²) in [6, 6.07) is 2.62. The maximum absolute atomic E-state index is 10.8. The van der Waals surface area contributed by atoms with Gasteiger partial charge in [0, 0.05) is 18.6 Å². The summed E-state index contributed by atoms with van der Waals surface area (Å²) in [6.07, 6.45) is 0.577. The molecule has 0 aliphatic carbocycles. The monoisotopic (exact) mass is 209 g/mol. The average Bonchev–Trinajstić information content (AvgIpc) is 2.17. The molecule has 0 fully saturated rings. The second kappa shape index (κ2) is 4.45. The van der Waals surface area contributed by atoms with E-state index in [0.29, 0.717) is 6.29 Å². The predicted molar refractivity (Wildman–Crippen MR) is 54.4 cm³/mol. The number of hydrogen-bond donors (Lipinski definition) is 2. The lowest BCUT2D eigenvalue weighted by Gasteiger charge is -2.09. The highest BCUT2D eigenvalue weighted by molar-refractivity contribution is 5.96. The Kier molecular flexibility index (Phi) is 3.28. The summed E-state index contributed by atoms with van der Waals surface area (Å²) in [7, 11) is 1.38. The Morgan fingerprint density at radius 2 is 2.20 bits per heavy atom. The van der Waals surface area contributed by atoms with E-state index >= 15 is 0 Å². The standard InChI is InChI=1S/C10H11NO4/c1-6(13)11-8-4-9(14)10(15-2)3-7(8)5-12/h3-5,14H,1-2H3,(H,11,13). The van der Waals surface area contributed by atoms with Crippen LogP contribution in [-0.2, 0) is 4.79 Å². The zero-order valence-corrected chi connectivity index (χ0v) is 8.40. The van der Waals surface area contributed by atoms with Crippen molar-refractivity contribution in [3.05, 3.63) is 17.7 Å². The number of hydrogen-bond acceptors (Lipinski definition) is 4. The fraction of sp³-hybridized carbons (Fsp3) is 0.200. The summed E-state index contributed by atoms with van der Waals surface area (Å²) in [5, 5.41) is 11.9. The van der Waals surface area contributed by atoms with Crippen molar-refractivity contribution in [1.82, 2.24) is 0 Å². The van der Waals surface area contributed by atoms with Crippen LogP contribution < -0.4 is 10.1 Å². The van der Waals surface area contributed by atoms with Gasteiger partial charge in [-0.15, -0.1) is 0 Å². The fourth-order valence-corrected chi connectivity index (χ4v) is 1.14. The van der Waals surface area contributed by atoms with Gasteiger partial charge < -0.3 is 15.2 Å². The minimum Gasteiger partial charge on any atom is -0.504 e. The van der Waals surface area contributed by atoms with Crippen LogP contribution in [0.5, 0.6) is 11.5 Å². The number of phenols is 1. The molecule has 2 N–H and O–H groups in total. The molecule has 0 aliphatic heterocycles. The molecule has 0 atom stereocenters. The molecular weight excluding hydrogens is 198 g/mol. The first-order valence-corrected chi connectivity index (χ1v) is 4.22. The molecule has 5 nitrogen and oxygen atoms in total. The quantitative estimate of drug-likeness (QED) is 0.733. The van der Waals surface area contributed by atoms with E-state index in [-0.39, 0.29) is 28.7 Å². The number of methoxy groups -OCH3 is 1. The van der Waals surface area contributed by atoms with E-state index in [2.05, 4.69) is 5.32 Å². The van der Waals surface area contributed by atoms with E-state index in [1.807, 2.05) is 0 Å². The smallest absolute Gasteiger partial charge is 0.221 e. The molecule has 0 saturated carbocycles. The zero-order chi connectivity index (χ0) is 11.4. The van der Waals surface area contributed by atoms with Gasteiger partial charge in [-0.1, -0.05) is 0 Å². The number of nitrogens with one attached hydrogen (secondary N) is 1. The van der Waals surface area contributed by atoms with E-state index in [9.17, 15) is 14.7 Å². The van der Waals surface area contributed by atoms with Gasteiger partial charge in [0.15, 0.2) is 17.8 Å². The van der Waals surface area contributed by atoms with Gasteiger partial charge in [-0.2, -0.15) is 0 Å². The molecule has 0 unspecified atom stereocenters. The van der Waals surface area contributed by atoms with Crippen molar-refractivity contribution in [3.8, 4) is 11.5 Å². The molecule has 1 aromatic carbocycles. The van der Waals surface area contributed by atoms with Crippen LogP contribution in [0.1, 0.15) is 17.3 Å². The summed E-state index contributed by atoms with van der Waals surface area (Å²) in [6.45, 7) is 1.32. The normalized spacial score (nSPS) is 9.47. The Balaban J connectivity index is 3.20. The van der Waals surface area contributed by atoms with Crippen LogP contribution >= 0.6 is 0 Å². The summed E-state index contributed by atoms with van der Waals surface area (Å²) in [4.78, 5) is 21.5. The van der Waals surface area contributed by atoms with Crippen molar-refractivity contribution < 1.29 is 19.4 Å². The van der Waals surface area contributed by atoms with Crippen LogP contribution in [-0.4, -0.2) is 24.4 Å². The number of rotatable bonds is 3. The number of ether oxygens (including phenoxy) is 1. The third kappa shape index (κ3) is 2.46. The molecule has 0 saturated heterocycles. The van der Waals surface area contributed by atoms with Crippen LogP contribution in [0, 0.1) is 0 Å². The number of aromatic hydroxyl groups is 1. The van der Waals surface area contributed by atoms with E-state index in [4.69, 9.17) is 4.74 Å². The molecule has 0 aliphatic rings. The number of phenolic OH excluding ortho intramolecular Hbond substituents is 1. The van der Waals surface area contributed by atoms with Crippen LogP contribution in [0.4, 0.5) is 5.69 Å². The molecule has 1 rings (SSSR count). The molecular formula is C10H11NO4. The van der Waals surface area contributed by atoms with E-state index in [1.54, 1.807) is 0 Å². The Morgan fingerprint density at radius 3 is 2.67 bits per heavy atom. The van der Waals surface area contributed by atoms with E-state index in [0.717, 1.165) is 0 Å². The highest BCUT2D eigenvalue weighted by Crippen LogP contribution is 2.31. The number of anilines is 1. The third-order valence-electron chi connectivity index (χ3n) is 1.79. The minimum atomic E-state index is -0.317. The van der Waals surface area contributed by atoms with E-state index in [1.165, 1.54) is 26.2 Å². The summed E-state index contributed by atoms with van der Waals surface area (Å²) < 4.78 is 4.83. The fourth-order valence-electron chi connectivity index (χ4n) is 1.14. The number of carbonyl (C=O) groups is 2. The second-order valence-electron chi connectivity index (χ2n) is 2.91. The second-order valence-corrected chi connectivity index (χ2v) is 2.91. The molecule has 5 heteroatoms. The Labute approximate surface area is 86.7 Å². The SMILES string of the molecule is COc1cc(C=O)c(NC(C)=O)cc1O. The largest absolute Gasteiger partial charge is 0.504 e. The van der Waals surface area contributed by atoms with Gasteiger partial charge in [0.25, 0.3) is 0 Å². The molecule has 1 aromatic rings. The molecule has 0 aromatic heterocycles. The lowest BCUT2D eigenvalue weighted by atomic mass is 10.1. The number of aldehydes is 1. The summed E-state index contributed by atoms with van der Waals surface area (Å²) in [5.74, 6) is -0.263. The molecule has 80 valence electrons. The first-order chi connectivity index (χ1) is 7.08. The molecule has 0 spiro atoms. The van der Waals surface area contributed by atoms with Gasteiger partial charge in [0.05, 0.1) is 12.8 Å². The highest BCUT2D eigenvalue weighted by atomic mass is 16.5. The first kappa shape index (κ1) is 11.0. The van der Waals surface area contributed by atoms with Crippen molar-refractivity contribution >= 4 is 17.9 Å². The van der Waals surface area contributed by atoms with Crippen LogP contribution in [0.25, 0.3) is 0 Å². The van der Waals surface area contributed by atoms with Crippen LogP contribution in [0.3, 0.4) is 0 Å². The summed E-state index contributed by atoms with van der Waals surface area (Å²) in [5.41, 5.74) is 0.510. The average molecular weight is 209 g/mol. The molecule has 0 heterocycles. The first-order valence-electron chi connectivity index (χ1n) is 4.22. The predicted octanol–water partition coefficient (Wildman–Crippen LogP) is 1.17. The summed E-state index contributed by atoms with van der Waals surface area (Å²) >= 11 is 0. The van der Waals surface area contributed by atoms with Crippen molar-refractivity contribution in [3.63, 3.8) is 0 Å². The van der Waals surface area contributed by atoms with Gasteiger partial charge in [-0.25, -0.2) is 0 Å². The van der Waals surface area contributed by atoms with Crippen LogP contribution in [0.2, 0.25) is 0 Å². The molecule has 0 radical (unpaired) electrons. The lowest BCUT2D eigenvalue weighted by molar-refractivity contribution is -0.114. The highest BCUT2D eigenvalue weighted by Gasteiger charge is 2.09. The maximum Gasteiger partial charge on any atom is 0.221 e. The Bertz CT molecular complexity index is 401. The van der Waals surface area contributed by atoms with Crippen molar-refractivity contribution in [1.29, 1.82) is 0 Å². The molecule has 0 bridgehead atoms. The topological polar surface area (TPSA) is 75.6 Å². The van der Waals surface area contributed by atoms with Crippen molar-refractivity contribution in [2.45, 2.75) is 6.92 Å². The van der Waals surface area contributed by atoms with Crippen LogP contribution in [0.15, 0.2) is 12.1 Å². The van der Waals surface area contributed by atoms with Crippen molar-refractivity contribution in [2.75, 3.05) is 12.4 Å². The number of benzene rings is 1. The minimum absolute atomic E-state index is 0.133. The lowest BCUT2D eigenvalue weighted by Crippen LogP contribution is -2.08. The van der Waals surface area contributed by atoms with Gasteiger partial charge in [-0.05, 0) is 6.07 Å². The maximum atomic E-state index is 10.8. The molecule has 15 heavy (non-hydrogen) atoms. The van der Waals surface area contributed by atoms with Gasteiger partial charge >= 0.3 is 0 Å². The third-order valence-corrected chi connectivity index (χ3v) is 1.79. The van der Waals surface area contributed by atoms with Gasteiger partial charge in [0.1, 0.15) is 0 Å². The van der Waals surface area contributed by atoms with E-state index < -0.39 is 0 Å². The van der Waals surface area contributed by atoms with Gasteiger partial charge in [-0.3, -0.25) is 9.59 Å². The Morgan fingerprint density at radius 1 is 1.53 bits per heavy atom. The molecule has 1 amide bonds. The number of carbonyl (C=O) groups excluding carboxylic acids is 2. The Hall–Kier alpha value is -2.04.